The number of nitrogen functional groups attached to an aromatic ring is 1. The molecule has 3 aromatic carbocycles. The third-order valence-corrected chi connectivity index (χ3v) is 5.48. The van der Waals surface area contributed by atoms with E-state index in [1.54, 1.807) is 6.33 Å². The Labute approximate surface area is 201 Å². The SMILES string of the molecule is CCCCOc1ccc(Nc2ncnc(N(Cc3ccccc3)Cc3ccccc3)c2N)cc1. The summed E-state index contributed by atoms with van der Waals surface area (Å²) in [6, 6.07) is 28.5. The van der Waals surface area contributed by atoms with Crippen molar-refractivity contribution in [3.63, 3.8) is 0 Å². The van der Waals surface area contributed by atoms with Crippen LogP contribution in [0, 0.1) is 0 Å². The monoisotopic (exact) mass is 453 g/mol. The van der Waals surface area contributed by atoms with Gasteiger partial charge in [0.1, 0.15) is 17.8 Å². The summed E-state index contributed by atoms with van der Waals surface area (Å²) in [5.41, 5.74) is 10.4. The first kappa shape index (κ1) is 23.1. The van der Waals surface area contributed by atoms with Crippen molar-refractivity contribution in [2.45, 2.75) is 32.9 Å². The maximum Gasteiger partial charge on any atom is 0.159 e. The molecular formula is C28H31N5O. The fourth-order valence-corrected chi connectivity index (χ4v) is 3.66. The summed E-state index contributed by atoms with van der Waals surface area (Å²) in [5, 5.41) is 3.33. The van der Waals surface area contributed by atoms with Gasteiger partial charge in [0.15, 0.2) is 11.6 Å². The highest BCUT2D eigenvalue weighted by Gasteiger charge is 2.17. The maximum absolute atomic E-state index is 6.60. The van der Waals surface area contributed by atoms with Crippen molar-refractivity contribution in [2.75, 3.05) is 22.6 Å². The quantitative estimate of drug-likeness (QED) is 0.264. The third-order valence-electron chi connectivity index (χ3n) is 5.48. The molecule has 0 aliphatic heterocycles. The van der Waals surface area contributed by atoms with Crippen LogP contribution in [0.4, 0.5) is 23.0 Å². The van der Waals surface area contributed by atoms with Crippen molar-refractivity contribution < 1.29 is 4.74 Å². The molecule has 0 radical (unpaired) electrons. The Kier molecular flexibility index (Phi) is 7.95. The third kappa shape index (κ3) is 6.25. The number of nitrogens with zero attached hydrogens (tertiary/aromatic N) is 3. The molecular weight excluding hydrogens is 422 g/mol. The van der Waals surface area contributed by atoms with Gasteiger partial charge in [-0.3, -0.25) is 0 Å². The first-order valence-corrected chi connectivity index (χ1v) is 11.7. The van der Waals surface area contributed by atoms with E-state index >= 15 is 0 Å². The van der Waals surface area contributed by atoms with E-state index in [0.29, 0.717) is 30.4 Å². The van der Waals surface area contributed by atoms with Gasteiger partial charge in [-0.15, -0.1) is 0 Å². The Bertz CT molecular complexity index is 1110. The Morgan fingerprint density at radius 2 is 1.44 bits per heavy atom. The second-order valence-electron chi connectivity index (χ2n) is 8.14. The first-order valence-electron chi connectivity index (χ1n) is 11.7. The molecule has 0 aliphatic carbocycles. The van der Waals surface area contributed by atoms with E-state index in [1.165, 1.54) is 11.1 Å². The highest BCUT2D eigenvalue weighted by Crippen LogP contribution is 2.31. The van der Waals surface area contributed by atoms with Crippen LogP contribution in [0.1, 0.15) is 30.9 Å². The van der Waals surface area contributed by atoms with Crippen LogP contribution >= 0.6 is 0 Å². The summed E-state index contributed by atoms with van der Waals surface area (Å²) >= 11 is 0. The number of unbranched alkanes of at least 4 members (excludes halogenated alkanes) is 1. The van der Waals surface area contributed by atoms with E-state index in [2.05, 4.69) is 51.4 Å². The zero-order chi connectivity index (χ0) is 23.6. The first-order chi connectivity index (χ1) is 16.7. The van der Waals surface area contributed by atoms with Gasteiger partial charge in [-0.25, -0.2) is 9.97 Å². The van der Waals surface area contributed by atoms with Gasteiger partial charge >= 0.3 is 0 Å². The average molecular weight is 454 g/mol. The number of hydrogen-bond donors (Lipinski definition) is 2. The van der Waals surface area contributed by atoms with Gasteiger partial charge in [-0.05, 0) is 41.8 Å². The molecule has 0 aliphatic rings. The lowest BCUT2D eigenvalue weighted by Crippen LogP contribution is -2.24. The number of nitrogens with one attached hydrogen (secondary N) is 1. The molecule has 1 heterocycles. The van der Waals surface area contributed by atoms with Gasteiger partial charge in [-0.1, -0.05) is 74.0 Å². The maximum atomic E-state index is 6.60. The molecule has 0 spiro atoms. The standard InChI is InChI=1S/C28H31N5O/c1-2-3-18-34-25-16-14-24(15-17-25)32-27-26(29)28(31-21-30-27)33(19-22-10-6-4-7-11-22)20-23-12-8-5-9-13-23/h4-17,21H,2-3,18-20,29H2,1H3,(H,30,31,32). The lowest BCUT2D eigenvalue weighted by molar-refractivity contribution is 0.309. The Balaban J connectivity index is 1.55. The molecule has 3 N–H and O–H groups in total. The number of rotatable bonds is 11. The number of hydrogen-bond acceptors (Lipinski definition) is 6. The van der Waals surface area contributed by atoms with Crippen LogP contribution in [-0.4, -0.2) is 16.6 Å². The normalized spacial score (nSPS) is 10.6. The highest BCUT2D eigenvalue weighted by atomic mass is 16.5. The molecule has 0 saturated carbocycles. The van der Waals surface area contributed by atoms with E-state index in [0.717, 1.165) is 30.9 Å². The fourth-order valence-electron chi connectivity index (χ4n) is 3.66. The number of benzene rings is 3. The molecule has 0 atom stereocenters. The van der Waals surface area contributed by atoms with E-state index in [9.17, 15) is 0 Å². The van der Waals surface area contributed by atoms with E-state index in [-0.39, 0.29) is 0 Å². The van der Waals surface area contributed by atoms with Crippen molar-refractivity contribution >= 4 is 23.0 Å². The predicted molar refractivity (Wildman–Crippen MR) is 139 cm³/mol. The summed E-state index contributed by atoms with van der Waals surface area (Å²) in [6.45, 7) is 4.24. The molecule has 1 aromatic heterocycles. The van der Waals surface area contributed by atoms with Crippen LogP contribution in [0.15, 0.2) is 91.3 Å². The number of nitrogens with two attached hydrogens (primary N) is 1. The highest BCUT2D eigenvalue weighted by molar-refractivity contribution is 5.78. The van der Waals surface area contributed by atoms with E-state index in [1.807, 2.05) is 60.7 Å². The van der Waals surface area contributed by atoms with Crippen LogP contribution in [0.2, 0.25) is 0 Å². The zero-order valence-corrected chi connectivity index (χ0v) is 19.5. The average Bonchev–Trinajstić information content (AvgIpc) is 2.87. The second kappa shape index (κ2) is 11.7. The van der Waals surface area contributed by atoms with Gasteiger partial charge in [0, 0.05) is 18.8 Å². The smallest absolute Gasteiger partial charge is 0.159 e. The summed E-state index contributed by atoms with van der Waals surface area (Å²) in [5.74, 6) is 2.13. The number of ether oxygens (including phenoxy) is 1. The van der Waals surface area contributed by atoms with Crippen molar-refractivity contribution in [1.29, 1.82) is 0 Å². The van der Waals surface area contributed by atoms with E-state index in [4.69, 9.17) is 10.5 Å². The fraction of sp³-hybridized carbons (Fsp3) is 0.214. The lowest BCUT2D eigenvalue weighted by Gasteiger charge is -2.26. The van der Waals surface area contributed by atoms with Crippen LogP contribution < -0.4 is 20.7 Å². The summed E-state index contributed by atoms with van der Waals surface area (Å²) in [6.07, 6.45) is 3.71. The molecule has 0 amide bonds. The summed E-state index contributed by atoms with van der Waals surface area (Å²) in [4.78, 5) is 11.1. The molecule has 0 unspecified atom stereocenters. The minimum absolute atomic E-state index is 0.512. The summed E-state index contributed by atoms with van der Waals surface area (Å²) < 4.78 is 5.75. The van der Waals surface area contributed by atoms with Crippen LogP contribution in [0.25, 0.3) is 0 Å². The van der Waals surface area contributed by atoms with Crippen molar-refractivity contribution in [3.05, 3.63) is 102 Å². The Morgan fingerprint density at radius 1 is 0.824 bits per heavy atom. The lowest BCUT2D eigenvalue weighted by atomic mass is 10.1. The summed E-state index contributed by atoms with van der Waals surface area (Å²) in [7, 11) is 0. The molecule has 4 rings (SSSR count). The number of aromatic nitrogens is 2. The second-order valence-corrected chi connectivity index (χ2v) is 8.14. The predicted octanol–water partition coefficient (Wildman–Crippen LogP) is 6.19. The topological polar surface area (TPSA) is 76.3 Å². The van der Waals surface area contributed by atoms with Gasteiger partial charge in [0.2, 0.25) is 0 Å². The van der Waals surface area contributed by atoms with Gasteiger partial charge in [0.05, 0.1) is 6.61 Å². The van der Waals surface area contributed by atoms with Gasteiger partial charge in [0.25, 0.3) is 0 Å². The molecule has 174 valence electrons. The molecule has 0 saturated heterocycles. The largest absolute Gasteiger partial charge is 0.494 e. The van der Waals surface area contributed by atoms with Crippen LogP contribution in [-0.2, 0) is 13.1 Å². The minimum atomic E-state index is 0.512. The van der Waals surface area contributed by atoms with Crippen LogP contribution in [0.3, 0.4) is 0 Å². The number of anilines is 4. The molecule has 4 aromatic rings. The molecule has 0 fully saturated rings. The van der Waals surface area contributed by atoms with E-state index < -0.39 is 0 Å². The van der Waals surface area contributed by atoms with Crippen LogP contribution in [0.5, 0.6) is 5.75 Å². The van der Waals surface area contributed by atoms with Gasteiger partial charge in [-0.2, -0.15) is 0 Å². The molecule has 0 bridgehead atoms. The molecule has 6 heteroatoms. The van der Waals surface area contributed by atoms with Crippen molar-refractivity contribution in [3.8, 4) is 5.75 Å². The molecule has 34 heavy (non-hydrogen) atoms. The zero-order valence-electron chi connectivity index (χ0n) is 19.5. The van der Waals surface area contributed by atoms with Crippen molar-refractivity contribution in [1.82, 2.24) is 9.97 Å². The minimum Gasteiger partial charge on any atom is -0.494 e. The van der Waals surface area contributed by atoms with Gasteiger partial charge < -0.3 is 20.7 Å². The Hall–Kier alpha value is -4.06. The Morgan fingerprint density at radius 3 is 2.03 bits per heavy atom. The molecule has 6 nitrogen and oxygen atoms in total. The van der Waals surface area contributed by atoms with Crippen molar-refractivity contribution in [2.24, 2.45) is 0 Å².